The maximum atomic E-state index is 11.8. The first-order chi connectivity index (χ1) is 10.5. The lowest BCUT2D eigenvalue weighted by molar-refractivity contribution is 0.0954. The van der Waals surface area contributed by atoms with Crippen LogP contribution in [-0.4, -0.2) is 22.3 Å². The molecule has 5 heteroatoms. The van der Waals surface area contributed by atoms with E-state index in [0.717, 1.165) is 11.6 Å². The second-order valence-electron chi connectivity index (χ2n) is 5.26. The van der Waals surface area contributed by atoms with E-state index in [1.807, 2.05) is 24.3 Å². The van der Waals surface area contributed by atoms with Gasteiger partial charge in [0.25, 0.3) is 5.91 Å². The van der Waals surface area contributed by atoms with Gasteiger partial charge < -0.3 is 10.2 Å². The second-order valence-corrected chi connectivity index (χ2v) is 5.26. The third-order valence-corrected chi connectivity index (χ3v) is 3.15. The third-order valence-electron chi connectivity index (χ3n) is 3.15. The first-order valence-electron chi connectivity index (χ1n) is 6.92. The van der Waals surface area contributed by atoms with Crippen molar-refractivity contribution in [1.29, 1.82) is 0 Å². The van der Waals surface area contributed by atoms with Gasteiger partial charge in [-0.05, 0) is 29.2 Å². The molecule has 114 valence electrons. The van der Waals surface area contributed by atoms with Gasteiger partial charge in [0.1, 0.15) is 11.5 Å². The van der Waals surface area contributed by atoms with Gasteiger partial charge in [0.2, 0.25) is 0 Å². The number of nitrogens with one attached hydrogen (secondary N) is 1. The van der Waals surface area contributed by atoms with Crippen LogP contribution in [0.4, 0.5) is 0 Å². The Morgan fingerprint density at radius 1 is 1.09 bits per heavy atom. The summed E-state index contributed by atoms with van der Waals surface area (Å²) in [5.41, 5.74) is 4.57. The van der Waals surface area contributed by atoms with E-state index in [9.17, 15) is 15.0 Å². The van der Waals surface area contributed by atoms with E-state index in [1.165, 1.54) is 23.9 Å². The number of benzene rings is 2. The van der Waals surface area contributed by atoms with Crippen molar-refractivity contribution >= 4 is 12.1 Å². The summed E-state index contributed by atoms with van der Waals surface area (Å²) in [5.74, 6) is -0.415. The molecular weight excluding hydrogens is 280 g/mol. The Morgan fingerprint density at radius 3 is 2.23 bits per heavy atom. The molecule has 0 aliphatic heterocycles. The molecule has 0 aliphatic carbocycles. The molecule has 2 aromatic carbocycles. The summed E-state index contributed by atoms with van der Waals surface area (Å²) in [7, 11) is 0. The van der Waals surface area contributed by atoms with Crippen molar-refractivity contribution in [2.45, 2.75) is 19.8 Å². The van der Waals surface area contributed by atoms with Crippen LogP contribution in [0.25, 0.3) is 0 Å². The van der Waals surface area contributed by atoms with E-state index in [4.69, 9.17) is 0 Å². The molecule has 22 heavy (non-hydrogen) atoms. The summed E-state index contributed by atoms with van der Waals surface area (Å²) in [4.78, 5) is 11.8. The summed E-state index contributed by atoms with van der Waals surface area (Å²) in [5, 5.41) is 22.5. The second kappa shape index (κ2) is 6.76. The molecule has 0 atom stereocenters. The van der Waals surface area contributed by atoms with Crippen LogP contribution >= 0.6 is 0 Å². The maximum absolute atomic E-state index is 11.8. The maximum Gasteiger partial charge on any atom is 0.271 e. The van der Waals surface area contributed by atoms with Crippen LogP contribution in [0.2, 0.25) is 0 Å². The molecule has 0 aliphatic rings. The van der Waals surface area contributed by atoms with Crippen molar-refractivity contribution in [2.24, 2.45) is 5.10 Å². The molecule has 0 unspecified atom stereocenters. The number of hydrogen-bond acceptors (Lipinski definition) is 4. The van der Waals surface area contributed by atoms with Crippen LogP contribution in [0.15, 0.2) is 47.6 Å². The standard InChI is InChI=1S/C17H18N2O3/c1-11(2)13-5-3-12(4-6-13)10-18-19-17(22)14-7-15(20)9-16(21)8-14/h3-11,20-21H,1-2H3,(H,19,22)/b18-10+. The highest BCUT2D eigenvalue weighted by atomic mass is 16.3. The topological polar surface area (TPSA) is 81.9 Å². The fourth-order valence-electron chi connectivity index (χ4n) is 1.92. The van der Waals surface area contributed by atoms with Crippen molar-refractivity contribution in [3.05, 3.63) is 59.2 Å². The Labute approximate surface area is 128 Å². The van der Waals surface area contributed by atoms with E-state index < -0.39 is 5.91 Å². The minimum atomic E-state index is -0.513. The van der Waals surface area contributed by atoms with Crippen molar-refractivity contribution < 1.29 is 15.0 Å². The van der Waals surface area contributed by atoms with Crippen LogP contribution in [0.3, 0.4) is 0 Å². The van der Waals surface area contributed by atoms with Gasteiger partial charge in [-0.1, -0.05) is 38.1 Å². The molecule has 0 fully saturated rings. The van der Waals surface area contributed by atoms with Crippen LogP contribution < -0.4 is 5.43 Å². The number of amides is 1. The molecule has 1 amide bonds. The summed E-state index contributed by atoms with van der Waals surface area (Å²) in [6.45, 7) is 4.24. The molecule has 2 aromatic rings. The Hall–Kier alpha value is -2.82. The number of hydrazone groups is 1. The molecule has 5 nitrogen and oxygen atoms in total. The number of nitrogens with zero attached hydrogens (tertiary/aromatic N) is 1. The average molecular weight is 298 g/mol. The van der Waals surface area contributed by atoms with E-state index in [0.29, 0.717) is 5.92 Å². The zero-order valence-electron chi connectivity index (χ0n) is 12.4. The molecule has 0 spiro atoms. The Bertz CT molecular complexity index is 671. The Balaban J connectivity index is 2.00. The van der Waals surface area contributed by atoms with Gasteiger partial charge in [0.15, 0.2) is 0 Å². The van der Waals surface area contributed by atoms with Gasteiger partial charge in [-0.25, -0.2) is 5.43 Å². The summed E-state index contributed by atoms with van der Waals surface area (Å²) >= 11 is 0. The minimum absolute atomic E-state index is 0.129. The van der Waals surface area contributed by atoms with Crippen LogP contribution in [0.5, 0.6) is 11.5 Å². The monoisotopic (exact) mass is 298 g/mol. The van der Waals surface area contributed by atoms with Crippen LogP contribution in [0.1, 0.15) is 41.3 Å². The highest BCUT2D eigenvalue weighted by Crippen LogP contribution is 2.20. The average Bonchev–Trinajstić information content (AvgIpc) is 2.46. The van der Waals surface area contributed by atoms with Gasteiger partial charge in [-0.2, -0.15) is 5.10 Å². The lowest BCUT2D eigenvalue weighted by atomic mass is 10.0. The number of phenolic OH excluding ortho intramolecular Hbond substituents is 2. The van der Waals surface area contributed by atoms with Gasteiger partial charge in [-0.15, -0.1) is 0 Å². The number of phenols is 2. The largest absolute Gasteiger partial charge is 0.508 e. The molecule has 0 aromatic heterocycles. The molecule has 0 bridgehead atoms. The summed E-state index contributed by atoms with van der Waals surface area (Å²) in [6, 6.07) is 11.5. The molecular formula is C17H18N2O3. The van der Waals surface area contributed by atoms with Crippen molar-refractivity contribution in [2.75, 3.05) is 0 Å². The normalized spacial score (nSPS) is 11.0. The van der Waals surface area contributed by atoms with Crippen LogP contribution in [0, 0.1) is 0 Å². The van der Waals surface area contributed by atoms with E-state index in [2.05, 4.69) is 24.4 Å². The van der Waals surface area contributed by atoms with Gasteiger partial charge >= 0.3 is 0 Å². The lowest BCUT2D eigenvalue weighted by Gasteiger charge is -2.04. The predicted molar refractivity (Wildman–Crippen MR) is 85.4 cm³/mol. The number of carbonyl (C=O) groups is 1. The molecule has 0 saturated heterocycles. The zero-order valence-corrected chi connectivity index (χ0v) is 12.4. The van der Waals surface area contributed by atoms with E-state index >= 15 is 0 Å². The Morgan fingerprint density at radius 2 is 1.68 bits per heavy atom. The van der Waals surface area contributed by atoms with Crippen LogP contribution in [-0.2, 0) is 0 Å². The van der Waals surface area contributed by atoms with E-state index in [-0.39, 0.29) is 17.1 Å². The fraction of sp³-hybridized carbons (Fsp3) is 0.176. The number of aromatic hydroxyl groups is 2. The first kappa shape index (κ1) is 15.6. The predicted octanol–water partition coefficient (Wildman–Crippen LogP) is 2.99. The highest BCUT2D eigenvalue weighted by Gasteiger charge is 2.07. The number of rotatable bonds is 4. The molecule has 2 rings (SSSR count). The van der Waals surface area contributed by atoms with Crippen molar-refractivity contribution in [1.82, 2.24) is 5.43 Å². The molecule has 3 N–H and O–H groups in total. The highest BCUT2D eigenvalue weighted by molar-refractivity contribution is 5.95. The third kappa shape index (κ3) is 4.09. The number of carbonyl (C=O) groups excluding carboxylic acids is 1. The number of hydrogen-bond donors (Lipinski definition) is 3. The SMILES string of the molecule is CC(C)c1ccc(/C=N/NC(=O)c2cc(O)cc(O)c2)cc1. The molecule has 0 radical (unpaired) electrons. The van der Waals surface area contributed by atoms with E-state index in [1.54, 1.807) is 0 Å². The summed E-state index contributed by atoms with van der Waals surface area (Å²) < 4.78 is 0. The molecule has 0 saturated carbocycles. The Kier molecular flexibility index (Phi) is 4.78. The molecule has 0 heterocycles. The van der Waals surface area contributed by atoms with Gasteiger partial charge in [0.05, 0.1) is 6.21 Å². The summed E-state index contributed by atoms with van der Waals surface area (Å²) in [6.07, 6.45) is 1.53. The van der Waals surface area contributed by atoms with Gasteiger partial charge in [-0.3, -0.25) is 4.79 Å². The van der Waals surface area contributed by atoms with Gasteiger partial charge in [0, 0.05) is 11.6 Å². The van der Waals surface area contributed by atoms with Crippen molar-refractivity contribution in [3.8, 4) is 11.5 Å². The van der Waals surface area contributed by atoms with Crippen molar-refractivity contribution in [3.63, 3.8) is 0 Å². The first-order valence-corrected chi connectivity index (χ1v) is 6.92. The quantitative estimate of drug-likeness (QED) is 0.599. The minimum Gasteiger partial charge on any atom is -0.508 e. The zero-order chi connectivity index (χ0) is 16.1. The smallest absolute Gasteiger partial charge is 0.271 e. The lowest BCUT2D eigenvalue weighted by Crippen LogP contribution is -2.17. The fourth-order valence-corrected chi connectivity index (χ4v) is 1.92.